The smallest absolute Gasteiger partial charge is 0.282 e. The minimum absolute atomic E-state index is 0.00197. The molecule has 4 heteroatoms. The van der Waals surface area contributed by atoms with Crippen LogP contribution < -0.4 is 0 Å². The Morgan fingerprint density at radius 3 is 2.18 bits per heavy atom. The standard InChI is InChI=1S/C18H16O3S/c19-22(20,21)18-13-11-15-8-4-5-9-16(15)17(18)12-10-14-6-2-1-3-7-14/h1-9,11,13H,10,12H2,(H,19,20,21). The zero-order valence-corrected chi connectivity index (χ0v) is 12.8. The largest absolute Gasteiger partial charge is 0.294 e. The molecular formula is C18H16O3S. The van der Waals surface area contributed by atoms with E-state index in [1.165, 1.54) is 6.07 Å². The van der Waals surface area contributed by atoms with Crippen LogP contribution in [-0.2, 0) is 23.0 Å². The minimum Gasteiger partial charge on any atom is -0.282 e. The predicted octanol–water partition coefficient (Wildman–Crippen LogP) is 3.87. The SMILES string of the molecule is O=S(=O)(O)c1ccc2ccccc2c1CCc1ccccc1. The van der Waals surface area contributed by atoms with Gasteiger partial charge < -0.3 is 0 Å². The molecule has 0 aliphatic carbocycles. The molecule has 0 bridgehead atoms. The van der Waals surface area contributed by atoms with Crippen LogP contribution in [0.1, 0.15) is 11.1 Å². The lowest BCUT2D eigenvalue weighted by atomic mass is 9.98. The molecule has 0 aliphatic heterocycles. The second-order valence-electron chi connectivity index (χ2n) is 5.22. The van der Waals surface area contributed by atoms with Gasteiger partial charge in [0.15, 0.2) is 0 Å². The van der Waals surface area contributed by atoms with Crippen LogP contribution in [0.5, 0.6) is 0 Å². The second-order valence-corrected chi connectivity index (χ2v) is 6.61. The predicted molar refractivity (Wildman–Crippen MR) is 87.6 cm³/mol. The van der Waals surface area contributed by atoms with E-state index < -0.39 is 10.1 Å². The van der Waals surface area contributed by atoms with Gasteiger partial charge >= 0.3 is 0 Å². The van der Waals surface area contributed by atoms with Crippen LogP contribution in [0, 0.1) is 0 Å². The molecule has 22 heavy (non-hydrogen) atoms. The van der Waals surface area contributed by atoms with Gasteiger partial charge in [-0.3, -0.25) is 4.55 Å². The van der Waals surface area contributed by atoms with Crippen LogP contribution >= 0.6 is 0 Å². The number of hydrogen-bond acceptors (Lipinski definition) is 2. The van der Waals surface area contributed by atoms with E-state index in [4.69, 9.17) is 0 Å². The van der Waals surface area contributed by atoms with E-state index in [2.05, 4.69) is 0 Å². The normalized spacial score (nSPS) is 11.7. The highest BCUT2D eigenvalue weighted by atomic mass is 32.2. The lowest BCUT2D eigenvalue weighted by molar-refractivity contribution is 0.482. The van der Waals surface area contributed by atoms with Crippen LogP contribution in [0.25, 0.3) is 10.8 Å². The van der Waals surface area contributed by atoms with E-state index in [-0.39, 0.29) is 4.90 Å². The van der Waals surface area contributed by atoms with Gasteiger partial charge in [-0.2, -0.15) is 8.42 Å². The summed E-state index contributed by atoms with van der Waals surface area (Å²) >= 11 is 0. The third kappa shape index (κ3) is 3.03. The summed E-state index contributed by atoms with van der Waals surface area (Å²) in [7, 11) is -4.23. The lowest BCUT2D eigenvalue weighted by Gasteiger charge is -2.11. The Kier molecular flexibility index (Phi) is 3.96. The van der Waals surface area contributed by atoms with Crippen LogP contribution in [0.4, 0.5) is 0 Å². The summed E-state index contributed by atoms with van der Waals surface area (Å²) in [5, 5.41) is 1.84. The number of aryl methyl sites for hydroxylation is 2. The van der Waals surface area contributed by atoms with Gasteiger partial charge in [0.2, 0.25) is 0 Å². The van der Waals surface area contributed by atoms with Crippen LogP contribution in [0.15, 0.2) is 71.6 Å². The van der Waals surface area contributed by atoms with Crippen molar-refractivity contribution in [1.29, 1.82) is 0 Å². The van der Waals surface area contributed by atoms with Crippen LogP contribution in [0.2, 0.25) is 0 Å². The molecule has 3 rings (SSSR count). The summed E-state index contributed by atoms with van der Waals surface area (Å²) in [5.41, 5.74) is 1.81. The highest BCUT2D eigenvalue weighted by molar-refractivity contribution is 7.85. The minimum atomic E-state index is -4.23. The Morgan fingerprint density at radius 1 is 0.773 bits per heavy atom. The van der Waals surface area contributed by atoms with Crippen molar-refractivity contribution in [3.8, 4) is 0 Å². The molecule has 0 saturated carbocycles. The molecule has 0 unspecified atom stereocenters. The molecule has 0 radical (unpaired) electrons. The van der Waals surface area contributed by atoms with Gasteiger partial charge in [0, 0.05) is 0 Å². The van der Waals surface area contributed by atoms with E-state index in [1.54, 1.807) is 6.07 Å². The van der Waals surface area contributed by atoms with Crippen molar-refractivity contribution in [3.05, 3.63) is 77.9 Å². The van der Waals surface area contributed by atoms with E-state index in [9.17, 15) is 13.0 Å². The zero-order chi connectivity index (χ0) is 15.6. The third-order valence-electron chi connectivity index (χ3n) is 3.78. The van der Waals surface area contributed by atoms with Crippen molar-refractivity contribution < 1.29 is 13.0 Å². The van der Waals surface area contributed by atoms with Gasteiger partial charge in [-0.15, -0.1) is 0 Å². The average Bonchev–Trinajstić information content (AvgIpc) is 2.52. The first-order chi connectivity index (χ1) is 10.6. The quantitative estimate of drug-likeness (QED) is 0.744. The highest BCUT2D eigenvalue weighted by Gasteiger charge is 2.17. The topological polar surface area (TPSA) is 54.4 Å². The first-order valence-electron chi connectivity index (χ1n) is 7.08. The van der Waals surface area contributed by atoms with Gasteiger partial charge in [-0.05, 0) is 40.8 Å². The Morgan fingerprint density at radius 2 is 1.45 bits per heavy atom. The van der Waals surface area contributed by atoms with E-state index >= 15 is 0 Å². The Balaban J connectivity index is 2.08. The molecule has 0 heterocycles. The molecule has 0 fully saturated rings. The molecule has 1 N–H and O–H groups in total. The number of hydrogen-bond donors (Lipinski definition) is 1. The molecule has 3 aromatic carbocycles. The van der Waals surface area contributed by atoms with Crippen LogP contribution in [0.3, 0.4) is 0 Å². The Hall–Kier alpha value is -2.17. The summed E-state index contributed by atoms with van der Waals surface area (Å²) in [6.45, 7) is 0. The Bertz CT molecular complexity index is 900. The molecule has 0 aliphatic rings. The molecule has 0 atom stereocenters. The molecule has 3 aromatic rings. The lowest BCUT2D eigenvalue weighted by Crippen LogP contribution is -2.05. The fourth-order valence-electron chi connectivity index (χ4n) is 2.73. The summed E-state index contributed by atoms with van der Waals surface area (Å²) in [5.74, 6) is 0. The van der Waals surface area contributed by atoms with Crippen molar-refractivity contribution in [3.63, 3.8) is 0 Å². The summed E-state index contributed by atoms with van der Waals surface area (Å²) < 4.78 is 32.8. The number of rotatable bonds is 4. The maximum Gasteiger partial charge on any atom is 0.294 e. The summed E-state index contributed by atoms with van der Waals surface area (Å²) in [6, 6.07) is 20.7. The van der Waals surface area contributed by atoms with Crippen molar-refractivity contribution in [1.82, 2.24) is 0 Å². The molecule has 0 amide bonds. The van der Waals surface area contributed by atoms with E-state index in [0.29, 0.717) is 12.0 Å². The fraction of sp³-hybridized carbons (Fsp3) is 0.111. The third-order valence-corrected chi connectivity index (χ3v) is 4.72. The number of fused-ring (bicyclic) bond motifs is 1. The molecule has 0 saturated heterocycles. The summed E-state index contributed by atoms with van der Waals surface area (Å²) in [4.78, 5) is 0.00197. The van der Waals surface area contributed by atoms with Crippen molar-refractivity contribution in [2.24, 2.45) is 0 Å². The van der Waals surface area contributed by atoms with Gasteiger partial charge in [0.05, 0.1) is 4.90 Å². The number of benzene rings is 3. The van der Waals surface area contributed by atoms with Crippen molar-refractivity contribution in [2.75, 3.05) is 0 Å². The molecule has 3 nitrogen and oxygen atoms in total. The van der Waals surface area contributed by atoms with E-state index in [1.807, 2.05) is 54.6 Å². The molecule has 112 valence electrons. The van der Waals surface area contributed by atoms with Crippen molar-refractivity contribution in [2.45, 2.75) is 17.7 Å². The van der Waals surface area contributed by atoms with Gasteiger partial charge in [-0.25, -0.2) is 0 Å². The molecule has 0 aromatic heterocycles. The van der Waals surface area contributed by atoms with Crippen molar-refractivity contribution >= 4 is 20.9 Å². The molecule has 0 spiro atoms. The monoisotopic (exact) mass is 312 g/mol. The summed E-state index contributed by atoms with van der Waals surface area (Å²) in [6.07, 6.45) is 1.28. The molecular weight excluding hydrogens is 296 g/mol. The van der Waals surface area contributed by atoms with Gasteiger partial charge in [0.1, 0.15) is 0 Å². The van der Waals surface area contributed by atoms with E-state index in [0.717, 1.165) is 22.8 Å². The maximum absolute atomic E-state index is 11.7. The zero-order valence-electron chi connectivity index (χ0n) is 11.9. The second kappa shape index (κ2) is 5.91. The fourth-order valence-corrected chi connectivity index (χ4v) is 3.49. The van der Waals surface area contributed by atoms with Crippen LogP contribution in [-0.4, -0.2) is 13.0 Å². The van der Waals surface area contributed by atoms with Gasteiger partial charge in [0.25, 0.3) is 10.1 Å². The average molecular weight is 312 g/mol. The first-order valence-corrected chi connectivity index (χ1v) is 8.52. The van der Waals surface area contributed by atoms with Gasteiger partial charge in [-0.1, -0.05) is 60.7 Å². The highest BCUT2D eigenvalue weighted by Crippen LogP contribution is 2.27. The maximum atomic E-state index is 11.7. The Labute approximate surface area is 130 Å². The first kappa shape index (κ1) is 14.8.